The average molecular weight is 419 g/mol. The fraction of sp³-hybridized carbons (Fsp3) is 0.435. The van der Waals surface area contributed by atoms with Crippen LogP contribution in [0.5, 0.6) is 5.75 Å². The number of carbonyl (C=O) groups excluding carboxylic acids is 1. The number of rotatable bonds is 8. The molecule has 1 aliphatic rings. The Bertz CT molecular complexity index is 810. The second-order valence-electron chi connectivity index (χ2n) is 7.55. The molecule has 1 amide bonds. The van der Waals surface area contributed by atoms with Gasteiger partial charge in [0.15, 0.2) is 0 Å². The maximum absolute atomic E-state index is 14.0. The molecule has 3 rings (SSSR count). The third-order valence-corrected chi connectivity index (χ3v) is 5.82. The number of likely N-dealkylation sites (tertiary alicyclic amines) is 1. The molecule has 1 aliphatic heterocycles. The van der Waals surface area contributed by atoms with E-state index < -0.39 is 0 Å². The molecule has 1 saturated heterocycles. The molecule has 4 nitrogen and oxygen atoms in total. The highest BCUT2D eigenvalue weighted by Gasteiger charge is 2.21. The molecule has 6 heteroatoms. The van der Waals surface area contributed by atoms with Crippen molar-refractivity contribution in [3.05, 3.63) is 64.4 Å². The summed E-state index contributed by atoms with van der Waals surface area (Å²) >= 11 is 6.11. The van der Waals surface area contributed by atoms with E-state index in [0.29, 0.717) is 22.9 Å². The normalized spacial score (nSPS) is 17.1. The minimum absolute atomic E-state index is 0.0945. The smallest absolute Gasteiger partial charge is 0.219 e. The number of nitrogens with one attached hydrogen (secondary N) is 1. The first kappa shape index (κ1) is 21.6. The molecule has 29 heavy (non-hydrogen) atoms. The minimum Gasteiger partial charge on any atom is -0.488 e. The van der Waals surface area contributed by atoms with E-state index in [9.17, 15) is 9.18 Å². The zero-order valence-electron chi connectivity index (χ0n) is 16.8. The Labute approximate surface area is 177 Å². The molecule has 0 aromatic heterocycles. The van der Waals surface area contributed by atoms with Crippen molar-refractivity contribution in [3.63, 3.8) is 0 Å². The summed E-state index contributed by atoms with van der Waals surface area (Å²) in [6.07, 6.45) is 3.79. The van der Waals surface area contributed by atoms with E-state index in [1.807, 2.05) is 24.3 Å². The van der Waals surface area contributed by atoms with Gasteiger partial charge in [-0.1, -0.05) is 35.9 Å². The summed E-state index contributed by atoms with van der Waals surface area (Å²) in [5, 5.41) is 3.07. The number of halogens is 2. The van der Waals surface area contributed by atoms with E-state index in [0.717, 1.165) is 50.2 Å². The van der Waals surface area contributed by atoms with Crippen molar-refractivity contribution in [2.45, 2.75) is 38.8 Å². The van der Waals surface area contributed by atoms with Crippen LogP contribution in [-0.4, -0.2) is 30.9 Å². The van der Waals surface area contributed by atoms with Crippen molar-refractivity contribution >= 4 is 17.5 Å². The van der Waals surface area contributed by atoms with Crippen molar-refractivity contribution in [1.82, 2.24) is 10.2 Å². The van der Waals surface area contributed by atoms with Crippen LogP contribution in [-0.2, 0) is 17.9 Å². The Morgan fingerprint density at radius 2 is 2.10 bits per heavy atom. The SMILES string of the molecule is CNC(=O)CCC1CCCN(Cc2ccccc2OCc2c(F)cccc2Cl)C1. The summed E-state index contributed by atoms with van der Waals surface area (Å²) < 4.78 is 20.0. The highest BCUT2D eigenvalue weighted by atomic mass is 35.5. The zero-order chi connectivity index (χ0) is 20.6. The van der Waals surface area contributed by atoms with Crippen LogP contribution >= 0.6 is 11.6 Å². The van der Waals surface area contributed by atoms with Crippen LogP contribution in [0.2, 0.25) is 5.02 Å². The largest absolute Gasteiger partial charge is 0.488 e. The van der Waals surface area contributed by atoms with Crippen molar-refractivity contribution < 1.29 is 13.9 Å². The van der Waals surface area contributed by atoms with Crippen LogP contribution in [0.4, 0.5) is 4.39 Å². The zero-order valence-corrected chi connectivity index (χ0v) is 17.6. The molecule has 1 atom stereocenters. The van der Waals surface area contributed by atoms with Gasteiger partial charge in [-0.15, -0.1) is 0 Å². The number of hydrogen-bond donors (Lipinski definition) is 1. The fourth-order valence-electron chi connectivity index (χ4n) is 3.83. The van der Waals surface area contributed by atoms with E-state index in [4.69, 9.17) is 16.3 Å². The number of carbonyl (C=O) groups is 1. The highest BCUT2D eigenvalue weighted by molar-refractivity contribution is 6.31. The molecule has 1 unspecified atom stereocenters. The maximum Gasteiger partial charge on any atom is 0.219 e. The molecule has 1 fully saturated rings. The molecule has 1 heterocycles. The number of nitrogens with zero attached hydrogens (tertiary/aromatic N) is 1. The third kappa shape index (κ3) is 6.18. The van der Waals surface area contributed by atoms with Gasteiger partial charge in [-0.3, -0.25) is 9.69 Å². The highest BCUT2D eigenvalue weighted by Crippen LogP contribution is 2.27. The Balaban J connectivity index is 1.61. The van der Waals surface area contributed by atoms with Gasteiger partial charge < -0.3 is 10.1 Å². The van der Waals surface area contributed by atoms with Gasteiger partial charge >= 0.3 is 0 Å². The number of para-hydroxylation sites is 1. The predicted octanol–water partition coefficient (Wildman–Crippen LogP) is 4.80. The van der Waals surface area contributed by atoms with Gasteiger partial charge in [0.1, 0.15) is 18.2 Å². The van der Waals surface area contributed by atoms with Crippen molar-refractivity contribution in [2.75, 3.05) is 20.1 Å². The van der Waals surface area contributed by atoms with Gasteiger partial charge in [-0.05, 0) is 49.9 Å². The Kier molecular flexibility index (Phi) is 7.90. The lowest BCUT2D eigenvalue weighted by molar-refractivity contribution is -0.121. The first-order valence-corrected chi connectivity index (χ1v) is 10.5. The molecule has 0 radical (unpaired) electrons. The second kappa shape index (κ2) is 10.6. The van der Waals surface area contributed by atoms with Crippen LogP contribution in [0.1, 0.15) is 36.8 Å². The molecule has 2 aromatic rings. The summed E-state index contributed by atoms with van der Waals surface area (Å²) in [6, 6.07) is 12.5. The van der Waals surface area contributed by atoms with Crippen LogP contribution in [0.25, 0.3) is 0 Å². The van der Waals surface area contributed by atoms with Crippen molar-refractivity contribution in [3.8, 4) is 5.75 Å². The second-order valence-corrected chi connectivity index (χ2v) is 7.96. The van der Waals surface area contributed by atoms with E-state index >= 15 is 0 Å². The fourth-order valence-corrected chi connectivity index (χ4v) is 4.04. The van der Waals surface area contributed by atoms with Crippen molar-refractivity contribution in [1.29, 1.82) is 0 Å². The molecular formula is C23H28ClFN2O2. The van der Waals surface area contributed by atoms with Gasteiger partial charge in [0, 0.05) is 37.7 Å². The number of piperidine rings is 1. The first-order valence-electron chi connectivity index (χ1n) is 10.1. The first-order chi connectivity index (χ1) is 14.1. The monoisotopic (exact) mass is 418 g/mol. The number of ether oxygens (including phenoxy) is 1. The quantitative estimate of drug-likeness (QED) is 0.669. The van der Waals surface area contributed by atoms with Gasteiger partial charge in [-0.25, -0.2) is 4.39 Å². The molecule has 1 N–H and O–H groups in total. The molecule has 156 valence electrons. The van der Waals surface area contributed by atoms with E-state index in [-0.39, 0.29) is 18.3 Å². The van der Waals surface area contributed by atoms with E-state index in [1.54, 1.807) is 19.2 Å². The van der Waals surface area contributed by atoms with Crippen molar-refractivity contribution in [2.24, 2.45) is 5.92 Å². The number of amides is 1. The lowest BCUT2D eigenvalue weighted by Crippen LogP contribution is -2.35. The van der Waals surface area contributed by atoms with Gasteiger partial charge in [-0.2, -0.15) is 0 Å². The Morgan fingerprint density at radius 3 is 2.90 bits per heavy atom. The standard InChI is InChI=1S/C23H28ClFN2O2/c1-26-23(28)12-11-17-6-5-13-27(14-17)15-18-7-2-3-10-22(18)29-16-19-20(24)8-4-9-21(19)25/h2-4,7-10,17H,5-6,11-16H2,1H3,(H,26,28). The summed E-state index contributed by atoms with van der Waals surface area (Å²) in [6.45, 7) is 2.88. The van der Waals surface area contributed by atoms with E-state index in [1.165, 1.54) is 6.07 Å². The Hall–Kier alpha value is -2.11. The lowest BCUT2D eigenvalue weighted by atomic mass is 9.93. The molecule has 2 aromatic carbocycles. The van der Waals surface area contributed by atoms with Gasteiger partial charge in [0.2, 0.25) is 5.91 Å². The molecule has 0 spiro atoms. The molecule has 0 bridgehead atoms. The van der Waals surface area contributed by atoms with Crippen LogP contribution in [0, 0.1) is 11.7 Å². The van der Waals surface area contributed by atoms with E-state index in [2.05, 4.69) is 10.2 Å². The lowest BCUT2D eigenvalue weighted by Gasteiger charge is -2.33. The third-order valence-electron chi connectivity index (χ3n) is 5.46. The topological polar surface area (TPSA) is 41.6 Å². The number of hydrogen-bond acceptors (Lipinski definition) is 3. The summed E-state index contributed by atoms with van der Waals surface area (Å²) in [5.41, 5.74) is 1.45. The molecular weight excluding hydrogens is 391 g/mol. The minimum atomic E-state index is -0.357. The van der Waals surface area contributed by atoms with Gasteiger partial charge in [0.05, 0.1) is 5.02 Å². The van der Waals surface area contributed by atoms with Gasteiger partial charge in [0.25, 0.3) is 0 Å². The predicted molar refractivity (Wildman–Crippen MR) is 113 cm³/mol. The number of benzene rings is 2. The summed E-state index contributed by atoms with van der Waals surface area (Å²) in [4.78, 5) is 13.9. The average Bonchev–Trinajstić information content (AvgIpc) is 2.73. The Morgan fingerprint density at radius 1 is 1.28 bits per heavy atom. The summed E-state index contributed by atoms with van der Waals surface area (Å²) in [7, 11) is 1.68. The molecule has 0 aliphatic carbocycles. The van der Waals surface area contributed by atoms with Crippen LogP contribution in [0.15, 0.2) is 42.5 Å². The van der Waals surface area contributed by atoms with Crippen LogP contribution < -0.4 is 10.1 Å². The van der Waals surface area contributed by atoms with Crippen LogP contribution in [0.3, 0.4) is 0 Å². The molecule has 0 saturated carbocycles. The maximum atomic E-state index is 14.0. The summed E-state index contributed by atoms with van der Waals surface area (Å²) in [5.74, 6) is 1.03.